The van der Waals surface area contributed by atoms with Crippen molar-refractivity contribution in [3.63, 3.8) is 0 Å². The van der Waals surface area contributed by atoms with E-state index in [2.05, 4.69) is 23.1 Å². The number of likely N-dealkylation sites (N-methyl/N-ethyl adjacent to an activating group) is 1. The van der Waals surface area contributed by atoms with Crippen LogP contribution in [0.3, 0.4) is 0 Å². The maximum absolute atomic E-state index is 12.5. The van der Waals surface area contributed by atoms with Crippen LogP contribution in [0.25, 0.3) is 0 Å². The topological polar surface area (TPSA) is 46.3 Å². The van der Waals surface area contributed by atoms with Gasteiger partial charge in [-0.05, 0) is 23.7 Å². The summed E-state index contributed by atoms with van der Waals surface area (Å²) in [6.45, 7) is 0.839. The molecule has 4 heteroatoms. The zero-order valence-corrected chi connectivity index (χ0v) is 14.0. The second-order valence-electron chi connectivity index (χ2n) is 6.02. The van der Waals surface area contributed by atoms with Crippen molar-refractivity contribution < 1.29 is 4.79 Å². The molecule has 0 fully saturated rings. The molecule has 1 aliphatic rings. The van der Waals surface area contributed by atoms with Crippen LogP contribution in [-0.2, 0) is 0 Å². The fraction of sp³-hybridized carbons (Fsp3) is 0.316. The summed E-state index contributed by atoms with van der Waals surface area (Å²) in [5.74, 6) is 0.615. The fourth-order valence-electron chi connectivity index (χ4n) is 3.37. The molecule has 3 nitrogen and oxygen atoms in total. The minimum absolute atomic E-state index is 0.0643. The summed E-state index contributed by atoms with van der Waals surface area (Å²) in [4.78, 5) is 14.6. The van der Waals surface area contributed by atoms with E-state index in [1.54, 1.807) is 0 Å². The molecule has 2 aromatic rings. The Labute approximate surface area is 142 Å². The number of nitrogens with zero attached hydrogens (tertiary/aromatic N) is 1. The standard InChI is InChI=1S/C19H21ClN2O/c1-22-12-16(13-6-3-2-4-7-13)14-8-5-9-15(17(23)10-11-20)18(14)19(22)21/h2-9,16,19H,10-12,21H2,1H3. The Morgan fingerprint density at radius 1 is 1.22 bits per heavy atom. The molecule has 120 valence electrons. The van der Waals surface area contributed by atoms with Gasteiger partial charge in [-0.15, -0.1) is 11.6 Å². The Hall–Kier alpha value is -1.68. The number of benzene rings is 2. The summed E-state index contributed by atoms with van der Waals surface area (Å²) >= 11 is 5.76. The predicted molar refractivity (Wildman–Crippen MR) is 94.0 cm³/mol. The maximum Gasteiger partial charge on any atom is 0.164 e. The van der Waals surface area contributed by atoms with Crippen molar-refractivity contribution in [3.05, 3.63) is 70.8 Å². The van der Waals surface area contributed by atoms with Crippen LogP contribution in [0.4, 0.5) is 0 Å². The molecule has 0 saturated heterocycles. The van der Waals surface area contributed by atoms with E-state index in [0.717, 1.165) is 17.7 Å². The number of hydrogen-bond acceptors (Lipinski definition) is 3. The third-order valence-corrected chi connectivity index (χ3v) is 4.77. The van der Waals surface area contributed by atoms with E-state index in [4.69, 9.17) is 17.3 Å². The van der Waals surface area contributed by atoms with E-state index >= 15 is 0 Å². The predicted octanol–water partition coefficient (Wildman–Crippen LogP) is 3.53. The molecule has 3 rings (SSSR count). The van der Waals surface area contributed by atoms with Crippen molar-refractivity contribution in [2.45, 2.75) is 18.5 Å². The van der Waals surface area contributed by atoms with Crippen LogP contribution in [0, 0.1) is 0 Å². The zero-order valence-electron chi connectivity index (χ0n) is 13.2. The number of Topliss-reactive ketones (excluding diaryl/α,β-unsaturated/α-hetero) is 1. The molecule has 1 heterocycles. The van der Waals surface area contributed by atoms with Crippen molar-refractivity contribution in [1.82, 2.24) is 4.90 Å². The van der Waals surface area contributed by atoms with E-state index in [1.165, 1.54) is 5.56 Å². The highest BCUT2D eigenvalue weighted by Crippen LogP contribution is 2.38. The maximum atomic E-state index is 12.5. The van der Waals surface area contributed by atoms with Crippen molar-refractivity contribution in [3.8, 4) is 0 Å². The second-order valence-corrected chi connectivity index (χ2v) is 6.40. The molecule has 0 aromatic heterocycles. The SMILES string of the molecule is CN1CC(c2ccccc2)c2cccc(C(=O)CCCl)c2C1N. The summed E-state index contributed by atoms with van der Waals surface area (Å²) in [5.41, 5.74) is 10.5. The Morgan fingerprint density at radius 3 is 2.65 bits per heavy atom. The lowest BCUT2D eigenvalue weighted by Crippen LogP contribution is -2.41. The first-order chi connectivity index (χ1) is 11.1. The lowest BCUT2D eigenvalue weighted by Gasteiger charge is -2.38. The largest absolute Gasteiger partial charge is 0.312 e. The van der Waals surface area contributed by atoms with Gasteiger partial charge in [0.2, 0.25) is 0 Å². The lowest BCUT2D eigenvalue weighted by molar-refractivity contribution is 0.0984. The van der Waals surface area contributed by atoms with E-state index in [-0.39, 0.29) is 17.9 Å². The molecule has 0 radical (unpaired) electrons. The van der Waals surface area contributed by atoms with Crippen molar-refractivity contribution in [2.75, 3.05) is 19.5 Å². The Balaban J connectivity index is 2.13. The van der Waals surface area contributed by atoms with Gasteiger partial charge in [-0.3, -0.25) is 9.69 Å². The molecule has 23 heavy (non-hydrogen) atoms. The first-order valence-electron chi connectivity index (χ1n) is 7.86. The van der Waals surface area contributed by atoms with Crippen LogP contribution in [-0.4, -0.2) is 30.2 Å². The number of fused-ring (bicyclic) bond motifs is 1. The average molecular weight is 329 g/mol. The van der Waals surface area contributed by atoms with Gasteiger partial charge in [0.25, 0.3) is 0 Å². The van der Waals surface area contributed by atoms with Gasteiger partial charge in [0, 0.05) is 30.3 Å². The van der Waals surface area contributed by atoms with Crippen LogP contribution in [0.2, 0.25) is 0 Å². The molecular formula is C19H21ClN2O. The summed E-state index contributed by atoms with van der Waals surface area (Å²) in [5, 5.41) is 0. The number of carbonyl (C=O) groups is 1. The molecule has 1 aliphatic heterocycles. The minimum Gasteiger partial charge on any atom is -0.312 e. The summed E-state index contributed by atoms with van der Waals surface area (Å²) in [7, 11) is 2.01. The van der Waals surface area contributed by atoms with Gasteiger partial charge in [-0.2, -0.15) is 0 Å². The first-order valence-corrected chi connectivity index (χ1v) is 8.39. The third kappa shape index (κ3) is 3.05. The van der Waals surface area contributed by atoms with E-state index in [1.807, 2.05) is 37.4 Å². The molecule has 0 aliphatic carbocycles. The number of nitrogens with two attached hydrogens (primary N) is 1. The van der Waals surface area contributed by atoms with E-state index in [0.29, 0.717) is 17.9 Å². The Kier molecular flexibility index (Phi) is 4.81. The molecule has 2 aromatic carbocycles. The fourth-order valence-corrected chi connectivity index (χ4v) is 3.54. The molecular weight excluding hydrogens is 308 g/mol. The number of ketones is 1. The highest BCUT2D eigenvalue weighted by Gasteiger charge is 2.32. The zero-order chi connectivity index (χ0) is 16.4. The van der Waals surface area contributed by atoms with Crippen LogP contribution in [0.1, 0.15) is 45.6 Å². The van der Waals surface area contributed by atoms with Crippen molar-refractivity contribution >= 4 is 17.4 Å². The van der Waals surface area contributed by atoms with Gasteiger partial charge >= 0.3 is 0 Å². The van der Waals surface area contributed by atoms with Crippen molar-refractivity contribution in [1.29, 1.82) is 0 Å². The van der Waals surface area contributed by atoms with Crippen molar-refractivity contribution in [2.24, 2.45) is 5.73 Å². The highest BCUT2D eigenvalue weighted by molar-refractivity contribution is 6.19. The van der Waals surface area contributed by atoms with E-state index < -0.39 is 0 Å². The first kappa shape index (κ1) is 16.2. The monoisotopic (exact) mass is 328 g/mol. The third-order valence-electron chi connectivity index (χ3n) is 4.58. The summed E-state index contributed by atoms with van der Waals surface area (Å²) in [6.07, 6.45) is 0.0743. The Bertz CT molecular complexity index is 702. The van der Waals surface area contributed by atoms with E-state index in [9.17, 15) is 4.79 Å². The van der Waals surface area contributed by atoms with Crippen LogP contribution in [0.15, 0.2) is 48.5 Å². The molecule has 0 spiro atoms. The molecule has 2 atom stereocenters. The number of carbonyl (C=O) groups excluding carboxylic acids is 1. The van der Waals surface area contributed by atoms with Crippen LogP contribution >= 0.6 is 11.6 Å². The normalized spacial score (nSPS) is 21.0. The minimum atomic E-state index is -0.263. The van der Waals surface area contributed by atoms with Gasteiger partial charge in [-0.1, -0.05) is 48.5 Å². The van der Waals surface area contributed by atoms with Gasteiger partial charge < -0.3 is 5.73 Å². The molecule has 2 unspecified atom stereocenters. The highest BCUT2D eigenvalue weighted by atomic mass is 35.5. The Morgan fingerprint density at radius 2 is 1.96 bits per heavy atom. The number of halogens is 1. The smallest absolute Gasteiger partial charge is 0.164 e. The number of alkyl halides is 1. The van der Waals surface area contributed by atoms with Gasteiger partial charge in [0.15, 0.2) is 5.78 Å². The lowest BCUT2D eigenvalue weighted by atomic mass is 9.81. The van der Waals surface area contributed by atoms with Gasteiger partial charge in [0.05, 0.1) is 6.17 Å². The van der Waals surface area contributed by atoms with Gasteiger partial charge in [0.1, 0.15) is 0 Å². The average Bonchev–Trinajstić information content (AvgIpc) is 2.58. The molecule has 0 bridgehead atoms. The quantitative estimate of drug-likeness (QED) is 0.690. The molecule has 0 saturated carbocycles. The molecule has 2 N–H and O–H groups in total. The number of rotatable bonds is 4. The molecule has 0 amide bonds. The summed E-state index contributed by atoms with van der Waals surface area (Å²) < 4.78 is 0. The number of hydrogen-bond donors (Lipinski definition) is 1. The summed E-state index contributed by atoms with van der Waals surface area (Å²) in [6, 6.07) is 16.3. The van der Waals surface area contributed by atoms with Crippen LogP contribution < -0.4 is 5.73 Å². The van der Waals surface area contributed by atoms with Crippen LogP contribution in [0.5, 0.6) is 0 Å². The van der Waals surface area contributed by atoms with Gasteiger partial charge in [-0.25, -0.2) is 0 Å². The second kappa shape index (κ2) is 6.83.